The number of nitrogens with one attached hydrogen (secondary N) is 1. The van der Waals surface area contributed by atoms with Gasteiger partial charge in [0.15, 0.2) is 0 Å². The summed E-state index contributed by atoms with van der Waals surface area (Å²) in [5.74, 6) is 0.201. The van der Waals surface area contributed by atoms with Gasteiger partial charge in [0.05, 0.1) is 24.4 Å². The summed E-state index contributed by atoms with van der Waals surface area (Å²) in [7, 11) is 1.62. The molecule has 1 aromatic carbocycles. The minimum absolute atomic E-state index is 0.0170. The van der Waals surface area contributed by atoms with Crippen LogP contribution < -0.4 is 15.8 Å². The summed E-state index contributed by atoms with van der Waals surface area (Å²) in [6.07, 6.45) is 6.73. The number of carbonyl (C=O) groups is 2. The highest BCUT2D eigenvalue weighted by Gasteiger charge is 2.43. The first kappa shape index (κ1) is 17.0. The first-order valence-electron chi connectivity index (χ1n) is 8.30. The normalized spacial score (nSPS) is 15.7. The lowest BCUT2D eigenvalue weighted by molar-refractivity contribution is -0.121. The Bertz CT molecular complexity index is 778. The number of hydrogen-bond acceptors (Lipinski definition) is 4. The number of carbonyl (C=O) groups excluding carboxylic acids is 2. The van der Waals surface area contributed by atoms with E-state index in [4.69, 9.17) is 10.5 Å². The van der Waals surface area contributed by atoms with Crippen LogP contribution in [0.3, 0.4) is 0 Å². The summed E-state index contributed by atoms with van der Waals surface area (Å²) in [5, 5.41) is 6.98. The second-order valence-electron chi connectivity index (χ2n) is 6.37. The Kier molecular flexibility index (Phi) is 4.74. The van der Waals surface area contributed by atoms with E-state index in [1.165, 1.54) is 10.9 Å². The zero-order chi connectivity index (χ0) is 17.9. The number of hydrogen-bond donors (Lipinski definition) is 2. The summed E-state index contributed by atoms with van der Waals surface area (Å²) in [6.45, 7) is -0.0170. The zero-order valence-electron chi connectivity index (χ0n) is 14.2. The number of nitrogens with two attached hydrogens (primary N) is 1. The topological polar surface area (TPSA) is 99.2 Å². The van der Waals surface area contributed by atoms with Crippen LogP contribution >= 0.6 is 0 Å². The molecule has 0 bridgehead atoms. The average Bonchev–Trinajstić information content (AvgIpc) is 3.25. The summed E-state index contributed by atoms with van der Waals surface area (Å²) in [5.41, 5.74) is 6.11. The van der Waals surface area contributed by atoms with E-state index >= 15 is 0 Å². The molecule has 3 rings (SSSR count). The molecule has 2 amide bonds. The van der Waals surface area contributed by atoms with E-state index < -0.39 is 11.3 Å². The molecule has 1 saturated carbocycles. The van der Waals surface area contributed by atoms with Gasteiger partial charge in [-0.1, -0.05) is 25.0 Å². The van der Waals surface area contributed by atoms with Crippen LogP contribution in [0.4, 0.5) is 5.69 Å². The fourth-order valence-corrected chi connectivity index (χ4v) is 3.47. The summed E-state index contributed by atoms with van der Waals surface area (Å²) in [4.78, 5) is 24.1. The molecule has 0 spiro atoms. The van der Waals surface area contributed by atoms with Gasteiger partial charge in [0, 0.05) is 6.20 Å². The third-order valence-corrected chi connectivity index (χ3v) is 4.72. The van der Waals surface area contributed by atoms with Crippen molar-refractivity contribution in [3.8, 4) is 5.75 Å². The molecule has 1 fully saturated rings. The van der Waals surface area contributed by atoms with Gasteiger partial charge in [-0.05, 0) is 30.5 Å². The molecule has 1 aromatic heterocycles. The first-order valence-corrected chi connectivity index (χ1v) is 8.30. The van der Waals surface area contributed by atoms with E-state index in [0.29, 0.717) is 5.69 Å². The lowest BCUT2D eigenvalue weighted by atomic mass is 9.78. The fourth-order valence-electron chi connectivity index (χ4n) is 3.47. The Morgan fingerprint density at radius 1 is 1.36 bits per heavy atom. The average molecular weight is 342 g/mol. The van der Waals surface area contributed by atoms with E-state index in [1.54, 1.807) is 13.3 Å². The van der Waals surface area contributed by atoms with Crippen LogP contribution in [-0.4, -0.2) is 28.7 Å². The van der Waals surface area contributed by atoms with E-state index in [1.807, 2.05) is 24.3 Å². The number of aromatic nitrogens is 2. The molecule has 132 valence electrons. The quantitative estimate of drug-likeness (QED) is 0.836. The maximum Gasteiger partial charge on any atom is 0.239 e. The molecule has 25 heavy (non-hydrogen) atoms. The van der Waals surface area contributed by atoms with Crippen LogP contribution in [0, 0.1) is 0 Å². The number of ether oxygens (including phenoxy) is 1. The van der Waals surface area contributed by atoms with Crippen molar-refractivity contribution in [2.75, 3.05) is 12.4 Å². The smallest absolute Gasteiger partial charge is 0.239 e. The molecule has 0 aliphatic heterocycles. The van der Waals surface area contributed by atoms with Gasteiger partial charge in [-0.3, -0.25) is 14.3 Å². The minimum atomic E-state index is -0.569. The second-order valence-corrected chi connectivity index (χ2v) is 6.37. The molecule has 0 unspecified atom stereocenters. The Hall–Kier alpha value is -2.83. The largest absolute Gasteiger partial charge is 0.497 e. The summed E-state index contributed by atoms with van der Waals surface area (Å²) < 4.78 is 6.72. The van der Waals surface area contributed by atoms with Gasteiger partial charge in [-0.2, -0.15) is 5.10 Å². The van der Waals surface area contributed by atoms with Crippen molar-refractivity contribution in [3.63, 3.8) is 0 Å². The van der Waals surface area contributed by atoms with E-state index in [9.17, 15) is 9.59 Å². The van der Waals surface area contributed by atoms with Gasteiger partial charge in [0.2, 0.25) is 11.8 Å². The van der Waals surface area contributed by atoms with Crippen molar-refractivity contribution >= 4 is 17.5 Å². The molecule has 0 atom stereocenters. The van der Waals surface area contributed by atoms with Gasteiger partial charge < -0.3 is 15.8 Å². The van der Waals surface area contributed by atoms with Crippen LogP contribution in [0.5, 0.6) is 5.75 Å². The molecule has 7 nitrogen and oxygen atoms in total. The lowest BCUT2D eigenvalue weighted by Gasteiger charge is -2.28. The third-order valence-electron chi connectivity index (χ3n) is 4.72. The van der Waals surface area contributed by atoms with Gasteiger partial charge in [-0.15, -0.1) is 0 Å². The molecule has 0 saturated heterocycles. The van der Waals surface area contributed by atoms with Crippen LogP contribution in [0.2, 0.25) is 0 Å². The molecule has 2 aromatic rings. The lowest BCUT2D eigenvalue weighted by Crippen LogP contribution is -2.37. The second kappa shape index (κ2) is 6.96. The van der Waals surface area contributed by atoms with Crippen molar-refractivity contribution in [2.24, 2.45) is 5.73 Å². The van der Waals surface area contributed by atoms with Gasteiger partial charge in [-0.25, -0.2) is 0 Å². The monoisotopic (exact) mass is 342 g/mol. The number of amides is 2. The molecule has 1 heterocycles. The Balaban J connectivity index is 1.83. The van der Waals surface area contributed by atoms with Gasteiger partial charge >= 0.3 is 0 Å². The summed E-state index contributed by atoms with van der Waals surface area (Å²) >= 11 is 0. The van der Waals surface area contributed by atoms with Gasteiger partial charge in [0.25, 0.3) is 0 Å². The number of nitrogens with zero attached hydrogens (tertiary/aromatic N) is 2. The van der Waals surface area contributed by atoms with Crippen molar-refractivity contribution in [1.29, 1.82) is 0 Å². The van der Waals surface area contributed by atoms with Crippen molar-refractivity contribution in [3.05, 3.63) is 42.2 Å². The van der Waals surface area contributed by atoms with Crippen LogP contribution in [0.1, 0.15) is 31.2 Å². The predicted octanol–water partition coefficient (Wildman–Crippen LogP) is 1.83. The van der Waals surface area contributed by atoms with Crippen molar-refractivity contribution in [2.45, 2.75) is 37.6 Å². The van der Waals surface area contributed by atoms with E-state index in [0.717, 1.165) is 37.0 Å². The number of anilines is 1. The maximum absolute atomic E-state index is 13.1. The van der Waals surface area contributed by atoms with Crippen molar-refractivity contribution < 1.29 is 14.3 Å². The van der Waals surface area contributed by atoms with Gasteiger partial charge in [0.1, 0.15) is 12.3 Å². The molecule has 0 radical (unpaired) electrons. The molecule has 7 heteroatoms. The standard InChI is InChI=1S/C18H22N4O3/c1-25-15-6-4-5-13(9-15)18(7-2-3-8-18)17(24)21-14-10-20-22(11-14)12-16(19)23/h4-6,9-11H,2-3,7-8,12H2,1H3,(H2,19,23)(H,21,24). The highest BCUT2D eigenvalue weighted by Crippen LogP contribution is 2.42. The summed E-state index contributed by atoms with van der Waals surface area (Å²) in [6, 6.07) is 7.69. The Morgan fingerprint density at radius 2 is 2.12 bits per heavy atom. The van der Waals surface area contributed by atoms with E-state index in [-0.39, 0.29) is 12.5 Å². The zero-order valence-corrected chi connectivity index (χ0v) is 14.2. The molecular weight excluding hydrogens is 320 g/mol. The number of rotatable bonds is 6. The Morgan fingerprint density at radius 3 is 2.80 bits per heavy atom. The Labute approximate surface area is 146 Å². The number of methoxy groups -OCH3 is 1. The van der Waals surface area contributed by atoms with Crippen molar-refractivity contribution in [1.82, 2.24) is 9.78 Å². The number of benzene rings is 1. The maximum atomic E-state index is 13.1. The first-order chi connectivity index (χ1) is 12.0. The van der Waals surface area contributed by atoms with Crippen LogP contribution in [-0.2, 0) is 21.5 Å². The molecule has 1 aliphatic rings. The highest BCUT2D eigenvalue weighted by molar-refractivity contribution is 5.99. The fraction of sp³-hybridized carbons (Fsp3) is 0.389. The van der Waals surface area contributed by atoms with Crippen LogP contribution in [0.25, 0.3) is 0 Å². The third kappa shape index (κ3) is 3.50. The highest BCUT2D eigenvalue weighted by atomic mass is 16.5. The molecular formula is C18H22N4O3. The molecule has 1 aliphatic carbocycles. The van der Waals surface area contributed by atoms with E-state index in [2.05, 4.69) is 10.4 Å². The number of primary amides is 1. The minimum Gasteiger partial charge on any atom is -0.497 e. The SMILES string of the molecule is COc1cccc(C2(C(=O)Nc3cnn(CC(N)=O)c3)CCCC2)c1. The molecule has 3 N–H and O–H groups in total. The predicted molar refractivity (Wildman–Crippen MR) is 93.2 cm³/mol. The van der Waals surface area contributed by atoms with Crippen LogP contribution in [0.15, 0.2) is 36.7 Å².